The first-order valence-electron chi connectivity index (χ1n) is 7.93. The van der Waals surface area contributed by atoms with Crippen LogP contribution in [0.3, 0.4) is 0 Å². The zero-order valence-electron chi connectivity index (χ0n) is 14.5. The summed E-state index contributed by atoms with van der Waals surface area (Å²) in [6.45, 7) is 1.70. The third-order valence-electron chi connectivity index (χ3n) is 3.63. The number of alkyl halides is 6. The predicted molar refractivity (Wildman–Crippen MR) is 93.6 cm³/mol. The summed E-state index contributed by atoms with van der Waals surface area (Å²) in [5, 5.41) is 11.5. The van der Waals surface area contributed by atoms with E-state index in [1.165, 1.54) is 12.3 Å². The van der Waals surface area contributed by atoms with Gasteiger partial charge >= 0.3 is 12.4 Å². The Morgan fingerprint density at radius 2 is 1.79 bits per heavy atom. The quantitative estimate of drug-likeness (QED) is 0.548. The SMILES string of the molecule is Cc1cc(Nc2nccc(C(F)(F)F)n2)cc(-c2cnc(C(O)C(F)(F)F)s2)c1. The summed E-state index contributed by atoms with van der Waals surface area (Å²) < 4.78 is 76.3. The highest BCUT2D eigenvalue weighted by Gasteiger charge is 2.41. The number of nitrogens with one attached hydrogen (secondary N) is 1. The molecule has 1 unspecified atom stereocenters. The van der Waals surface area contributed by atoms with Gasteiger partial charge in [0.25, 0.3) is 0 Å². The molecule has 1 aromatic carbocycles. The van der Waals surface area contributed by atoms with Gasteiger partial charge in [-0.25, -0.2) is 15.0 Å². The van der Waals surface area contributed by atoms with Gasteiger partial charge in [0.05, 0.1) is 4.88 Å². The number of rotatable bonds is 4. The van der Waals surface area contributed by atoms with Crippen LogP contribution in [0.4, 0.5) is 38.0 Å². The Morgan fingerprint density at radius 3 is 2.45 bits per heavy atom. The second-order valence-electron chi connectivity index (χ2n) is 5.98. The molecule has 0 aliphatic carbocycles. The zero-order valence-corrected chi connectivity index (χ0v) is 15.3. The van der Waals surface area contributed by atoms with Gasteiger partial charge in [-0.05, 0) is 36.2 Å². The molecule has 2 aromatic heterocycles. The number of nitrogens with zero attached hydrogens (tertiary/aromatic N) is 3. The van der Waals surface area contributed by atoms with Crippen molar-refractivity contribution in [1.82, 2.24) is 15.0 Å². The number of aromatic nitrogens is 3. The Kier molecular flexibility index (Phi) is 5.50. The standard InChI is InChI=1S/C17H12F6N4OS/c1-8-4-9(11-7-25-14(29-11)13(28)17(21,22)23)6-10(5-8)26-15-24-3-2-12(27-15)16(18,19)20/h2-7,13,28H,1H3,(H,24,26,27). The molecular formula is C17H12F6N4OS. The number of hydrogen-bond acceptors (Lipinski definition) is 6. The molecule has 29 heavy (non-hydrogen) atoms. The van der Waals surface area contributed by atoms with Crippen LogP contribution < -0.4 is 5.32 Å². The normalized spacial score (nSPS) is 13.4. The molecule has 1 atom stereocenters. The van der Waals surface area contributed by atoms with E-state index in [2.05, 4.69) is 20.3 Å². The van der Waals surface area contributed by atoms with Gasteiger partial charge in [0, 0.05) is 18.1 Å². The molecule has 0 amide bonds. The Labute approximate surface area is 164 Å². The summed E-state index contributed by atoms with van der Waals surface area (Å²) >= 11 is 0.662. The predicted octanol–water partition coefficient (Wildman–Crippen LogP) is 5.27. The first-order chi connectivity index (χ1) is 13.4. The number of anilines is 2. The molecule has 0 saturated heterocycles. The molecule has 154 valence electrons. The molecule has 2 heterocycles. The van der Waals surface area contributed by atoms with Crippen LogP contribution >= 0.6 is 11.3 Å². The van der Waals surface area contributed by atoms with E-state index in [1.807, 2.05) is 0 Å². The number of aliphatic hydroxyl groups is 1. The van der Waals surface area contributed by atoms with Crippen LogP contribution in [-0.4, -0.2) is 26.2 Å². The average Bonchev–Trinajstić information content (AvgIpc) is 3.09. The van der Waals surface area contributed by atoms with Crippen molar-refractivity contribution in [2.45, 2.75) is 25.4 Å². The van der Waals surface area contributed by atoms with Crippen molar-refractivity contribution >= 4 is 23.0 Å². The highest BCUT2D eigenvalue weighted by molar-refractivity contribution is 7.15. The van der Waals surface area contributed by atoms with Gasteiger partial charge in [-0.1, -0.05) is 6.07 Å². The molecule has 0 fully saturated rings. The average molecular weight is 434 g/mol. The first kappa shape index (κ1) is 21.0. The van der Waals surface area contributed by atoms with Crippen molar-refractivity contribution in [1.29, 1.82) is 0 Å². The Hall–Kier alpha value is -2.73. The van der Waals surface area contributed by atoms with Crippen LogP contribution in [0.25, 0.3) is 10.4 Å². The lowest BCUT2D eigenvalue weighted by molar-refractivity contribution is -0.206. The van der Waals surface area contributed by atoms with E-state index < -0.39 is 29.2 Å². The molecule has 0 aliphatic rings. The van der Waals surface area contributed by atoms with Crippen molar-refractivity contribution in [3.8, 4) is 10.4 Å². The summed E-state index contributed by atoms with van der Waals surface area (Å²) in [5.74, 6) is -0.283. The third-order valence-corrected chi connectivity index (χ3v) is 4.73. The molecule has 0 spiro atoms. The number of aliphatic hydroxyl groups excluding tert-OH is 1. The fourth-order valence-corrected chi connectivity index (χ4v) is 3.31. The summed E-state index contributed by atoms with van der Waals surface area (Å²) in [5.41, 5.74) is 0.377. The van der Waals surface area contributed by atoms with Crippen molar-refractivity contribution < 1.29 is 31.4 Å². The molecule has 0 bridgehead atoms. The van der Waals surface area contributed by atoms with Gasteiger partial charge in [0.15, 0.2) is 0 Å². The van der Waals surface area contributed by atoms with E-state index in [0.717, 1.165) is 12.3 Å². The second kappa shape index (κ2) is 7.59. The van der Waals surface area contributed by atoms with Gasteiger partial charge in [0.1, 0.15) is 10.7 Å². The van der Waals surface area contributed by atoms with Crippen molar-refractivity contribution in [2.75, 3.05) is 5.32 Å². The third kappa shape index (κ3) is 5.01. The van der Waals surface area contributed by atoms with E-state index in [1.54, 1.807) is 19.1 Å². The molecular weight excluding hydrogens is 422 g/mol. The van der Waals surface area contributed by atoms with Gasteiger partial charge < -0.3 is 10.4 Å². The fourth-order valence-electron chi connectivity index (χ4n) is 2.39. The van der Waals surface area contributed by atoms with E-state index in [4.69, 9.17) is 0 Å². The summed E-state index contributed by atoms with van der Waals surface area (Å²) in [4.78, 5) is 11.1. The van der Waals surface area contributed by atoms with E-state index >= 15 is 0 Å². The highest BCUT2D eigenvalue weighted by atomic mass is 32.1. The number of halogens is 6. The van der Waals surface area contributed by atoms with E-state index in [0.29, 0.717) is 33.0 Å². The lowest BCUT2D eigenvalue weighted by Gasteiger charge is -2.11. The maximum atomic E-state index is 12.8. The smallest absolute Gasteiger partial charge is 0.377 e. The summed E-state index contributed by atoms with van der Waals surface area (Å²) in [6.07, 6.45) is -10.0. The topological polar surface area (TPSA) is 70.9 Å². The number of aryl methyl sites for hydroxylation is 1. The highest BCUT2D eigenvalue weighted by Crippen LogP contribution is 2.38. The van der Waals surface area contributed by atoms with Crippen LogP contribution in [-0.2, 0) is 6.18 Å². The van der Waals surface area contributed by atoms with E-state index in [-0.39, 0.29) is 5.95 Å². The van der Waals surface area contributed by atoms with Crippen LogP contribution in [0.5, 0.6) is 0 Å². The van der Waals surface area contributed by atoms with Crippen LogP contribution in [0.1, 0.15) is 22.4 Å². The monoisotopic (exact) mass is 434 g/mol. The van der Waals surface area contributed by atoms with Gasteiger partial charge in [0.2, 0.25) is 12.1 Å². The maximum absolute atomic E-state index is 12.8. The first-order valence-corrected chi connectivity index (χ1v) is 8.75. The number of hydrogen-bond donors (Lipinski definition) is 2. The zero-order chi connectivity index (χ0) is 21.4. The molecule has 0 aliphatic heterocycles. The molecule has 3 aromatic rings. The number of thiazole rings is 1. The minimum Gasteiger partial charge on any atom is -0.377 e. The van der Waals surface area contributed by atoms with E-state index in [9.17, 15) is 31.4 Å². The molecule has 2 N–H and O–H groups in total. The lowest BCUT2D eigenvalue weighted by atomic mass is 10.1. The summed E-state index contributed by atoms with van der Waals surface area (Å²) in [6, 6.07) is 5.51. The molecule has 5 nitrogen and oxygen atoms in total. The molecule has 3 rings (SSSR count). The van der Waals surface area contributed by atoms with Crippen molar-refractivity contribution in [2.24, 2.45) is 0 Å². The lowest BCUT2D eigenvalue weighted by Crippen LogP contribution is -2.19. The minimum absolute atomic E-state index is 0.283. The van der Waals surface area contributed by atoms with Gasteiger partial charge in [-0.3, -0.25) is 0 Å². The Balaban J connectivity index is 1.89. The largest absolute Gasteiger partial charge is 0.433 e. The maximum Gasteiger partial charge on any atom is 0.433 e. The van der Waals surface area contributed by atoms with Crippen LogP contribution in [0.15, 0.2) is 36.7 Å². The minimum atomic E-state index is -4.84. The fraction of sp³-hybridized carbons (Fsp3) is 0.235. The van der Waals surface area contributed by atoms with Gasteiger partial charge in [-0.15, -0.1) is 11.3 Å². The molecule has 12 heteroatoms. The molecule has 0 radical (unpaired) electrons. The second-order valence-corrected chi connectivity index (χ2v) is 7.05. The Morgan fingerprint density at radius 1 is 1.07 bits per heavy atom. The van der Waals surface area contributed by atoms with Gasteiger partial charge in [-0.2, -0.15) is 26.3 Å². The summed E-state index contributed by atoms with van der Waals surface area (Å²) in [7, 11) is 0. The molecule has 0 saturated carbocycles. The Bertz CT molecular complexity index is 1020. The van der Waals surface area contributed by atoms with Crippen molar-refractivity contribution in [3.63, 3.8) is 0 Å². The number of benzene rings is 1. The van der Waals surface area contributed by atoms with Crippen LogP contribution in [0.2, 0.25) is 0 Å². The van der Waals surface area contributed by atoms with Crippen molar-refractivity contribution in [3.05, 3.63) is 52.9 Å². The van der Waals surface area contributed by atoms with Crippen LogP contribution in [0, 0.1) is 6.92 Å².